The summed E-state index contributed by atoms with van der Waals surface area (Å²) in [6.45, 7) is 2.68. The first-order valence-electron chi connectivity index (χ1n) is 12.1. The second-order valence-corrected chi connectivity index (χ2v) is 8.42. The van der Waals surface area contributed by atoms with E-state index in [0.29, 0.717) is 6.42 Å². The molecule has 1 rings (SSSR count). The minimum atomic E-state index is -1.09. The number of amides is 1. The second kappa shape index (κ2) is 19.1. The molecule has 192 valence electrons. The molecule has 0 spiro atoms. The Balaban J connectivity index is 2.45. The van der Waals surface area contributed by atoms with Crippen LogP contribution < -0.4 is 5.32 Å². The first-order chi connectivity index (χ1) is 16.5. The van der Waals surface area contributed by atoms with E-state index < -0.39 is 30.8 Å². The SMILES string of the molecule is C=CCCCCCCCCC(=O)NC(Cc1ccccc1)C(=O)OCC(O)COCC(O)CO. The van der Waals surface area contributed by atoms with Crippen molar-refractivity contribution < 1.29 is 34.4 Å². The molecule has 8 nitrogen and oxygen atoms in total. The smallest absolute Gasteiger partial charge is 0.329 e. The lowest BCUT2D eigenvalue weighted by molar-refractivity contribution is -0.152. The van der Waals surface area contributed by atoms with Gasteiger partial charge in [0.25, 0.3) is 0 Å². The van der Waals surface area contributed by atoms with Crippen molar-refractivity contribution in [3.05, 3.63) is 48.6 Å². The maximum absolute atomic E-state index is 12.6. The number of hydrogen-bond donors (Lipinski definition) is 4. The molecule has 1 amide bonds. The van der Waals surface area contributed by atoms with Gasteiger partial charge in [-0.15, -0.1) is 6.58 Å². The number of esters is 1. The number of unbranched alkanes of at least 4 members (excludes halogenated alkanes) is 6. The molecule has 3 unspecified atom stereocenters. The van der Waals surface area contributed by atoms with Gasteiger partial charge in [0.15, 0.2) is 0 Å². The van der Waals surface area contributed by atoms with Crippen LogP contribution in [-0.2, 0) is 25.5 Å². The number of carbonyl (C=O) groups is 2. The van der Waals surface area contributed by atoms with Gasteiger partial charge in [-0.25, -0.2) is 4.79 Å². The molecule has 0 bridgehead atoms. The highest BCUT2D eigenvalue weighted by Gasteiger charge is 2.23. The number of carbonyl (C=O) groups excluding carboxylic acids is 2. The van der Waals surface area contributed by atoms with Crippen LogP contribution in [0.2, 0.25) is 0 Å². The quantitative estimate of drug-likeness (QED) is 0.128. The molecule has 34 heavy (non-hydrogen) atoms. The maximum atomic E-state index is 12.6. The summed E-state index contributed by atoms with van der Waals surface area (Å²) >= 11 is 0. The van der Waals surface area contributed by atoms with Crippen molar-refractivity contribution in [2.24, 2.45) is 0 Å². The average molecular weight is 480 g/mol. The topological polar surface area (TPSA) is 125 Å². The zero-order chi connectivity index (χ0) is 25.0. The van der Waals surface area contributed by atoms with Crippen LogP contribution >= 0.6 is 0 Å². The van der Waals surface area contributed by atoms with Gasteiger partial charge in [-0.3, -0.25) is 4.79 Å². The standard InChI is InChI=1S/C26H41NO7/c1-2-3-4-5-6-7-8-12-15-25(31)27-24(16-21-13-10-9-11-14-21)26(32)34-20-23(30)19-33-18-22(29)17-28/h2,9-11,13-14,22-24,28-30H,1,3-8,12,15-20H2,(H,27,31). The molecule has 0 aliphatic rings. The number of ether oxygens (including phenoxy) is 2. The van der Waals surface area contributed by atoms with Crippen molar-refractivity contribution in [2.75, 3.05) is 26.4 Å². The van der Waals surface area contributed by atoms with Crippen LogP contribution in [0.15, 0.2) is 43.0 Å². The predicted octanol–water partition coefficient (Wildman–Crippen LogP) is 2.29. The van der Waals surface area contributed by atoms with Crippen LogP contribution in [0.1, 0.15) is 56.9 Å². The van der Waals surface area contributed by atoms with Gasteiger partial charge < -0.3 is 30.1 Å². The molecular weight excluding hydrogens is 438 g/mol. The molecule has 8 heteroatoms. The molecule has 0 aliphatic carbocycles. The van der Waals surface area contributed by atoms with Gasteiger partial charge in [-0.2, -0.15) is 0 Å². The third kappa shape index (κ3) is 14.8. The lowest BCUT2D eigenvalue weighted by atomic mass is 10.0. The zero-order valence-corrected chi connectivity index (χ0v) is 20.1. The Kier molecular flexibility index (Phi) is 16.7. The Morgan fingerprint density at radius 1 is 0.941 bits per heavy atom. The minimum Gasteiger partial charge on any atom is -0.461 e. The fourth-order valence-electron chi connectivity index (χ4n) is 3.31. The van der Waals surface area contributed by atoms with E-state index in [1.807, 2.05) is 36.4 Å². The average Bonchev–Trinajstić information content (AvgIpc) is 2.84. The molecule has 0 saturated carbocycles. The van der Waals surface area contributed by atoms with Gasteiger partial charge in [-0.05, 0) is 24.8 Å². The molecule has 1 aromatic rings. The summed E-state index contributed by atoms with van der Waals surface area (Å²) in [6, 6.07) is 8.46. The first-order valence-corrected chi connectivity index (χ1v) is 12.1. The van der Waals surface area contributed by atoms with Crippen molar-refractivity contribution >= 4 is 11.9 Å². The van der Waals surface area contributed by atoms with Crippen LogP contribution in [0.25, 0.3) is 0 Å². The molecule has 4 N–H and O–H groups in total. The van der Waals surface area contributed by atoms with Gasteiger partial charge in [0, 0.05) is 12.8 Å². The maximum Gasteiger partial charge on any atom is 0.329 e. The molecule has 0 aliphatic heterocycles. The summed E-state index contributed by atoms with van der Waals surface area (Å²) in [4.78, 5) is 25.1. The van der Waals surface area contributed by atoms with Crippen molar-refractivity contribution in [2.45, 2.75) is 76.0 Å². The number of allylic oxidation sites excluding steroid dienone is 1. The molecule has 0 radical (unpaired) electrons. The monoisotopic (exact) mass is 479 g/mol. The predicted molar refractivity (Wildman–Crippen MR) is 130 cm³/mol. The lowest BCUT2D eigenvalue weighted by Gasteiger charge is -2.19. The number of hydrogen-bond acceptors (Lipinski definition) is 7. The van der Waals surface area contributed by atoms with Crippen molar-refractivity contribution in [3.8, 4) is 0 Å². The second-order valence-electron chi connectivity index (χ2n) is 8.42. The van der Waals surface area contributed by atoms with Gasteiger partial charge in [-0.1, -0.05) is 62.1 Å². The van der Waals surface area contributed by atoms with Gasteiger partial charge in [0.2, 0.25) is 5.91 Å². The molecular formula is C26H41NO7. The van der Waals surface area contributed by atoms with E-state index in [4.69, 9.17) is 14.6 Å². The third-order valence-electron chi connectivity index (χ3n) is 5.21. The number of aliphatic hydroxyl groups excluding tert-OH is 3. The third-order valence-corrected chi connectivity index (χ3v) is 5.21. The van der Waals surface area contributed by atoms with Crippen LogP contribution in [-0.4, -0.2) is 71.9 Å². The zero-order valence-electron chi connectivity index (χ0n) is 20.1. The summed E-state index contributed by atoms with van der Waals surface area (Å²) in [5.74, 6) is -0.833. The Bertz CT molecular complexity index is 683. The summed E-state index contributed by atoms with van der Waals surface area (Å²) in [7, 11) is 0. The van der Waals surface area contributed by atoms with Crippen molar-refractivity contribution in [1.82, 2.24) is 5.32 Å². The first kappa shape index (κ1) is 29.8. The van der Waals surface area contributed by atoms with E-state index >= 15 is 0 Å². The normalized spacial score (nSPS) is 13.6. The van der Waals surface area contributed by atoms with Crippen LogP contribution in [0, 0.1) is 0 Å². The summed E-state index contributed by atoms with van der Waals surface area (Å²) < 4.78 is 10.3. The summed E-state index contributed by atoms with van der Waals surface area (Å²) in [5.41, 5.74) is 0.881. The van der Waals surface area contributed by atoms with E-state index in [-0.39, 0.29) is 32.1 Å². The molecule has 0 fully saturated rings. The number of aliphatic hydroxyl groups is 3. The molecule has 0 heterocycles. The van der Waals surface area contributed by atoms with E-state index in [1.165, 1.54) is 6.42 Å². The number of benzene rings is 1. The van der Waals surface area contributed by atoms with E-state index in [0.717, 1.165) is 44.1 Å². The minimum absolute atomic E-state index is 0.136. The number of nitrogens with one attached hydrogen (secondary N) is 1. The Morgan fingerprint density at radius 3 is 2.26 bits per heavy atom. The fourth-order valence-corrected chi connectivity index (χ4v) is 3.31. The van der Waals surface area contributed by atoms with Gasteiger partial charge in [0.1, 0.15) is 24.9 Å². The van der Waals surface area contributed by atoms with E-state index in [1.54, 1.807) is 0 Å². The summed E-state index contributed by atoms with van der Waals surface area (Å²) in [6.07, 6.45) is 7.74. The van der Waals surface area contributed by atoms with Crippen LogP contribution in [0.4, 0.5) is 0 Å². The Morgan fingerprint density at radius 2 is 1.59 bits per heavy atom. The highest BCUT2D eigenvalue weighted by Crippen LogP contribution is 2.10. The molecule has 1 aromatic carbocycles. The number of rotatable bonds is 20. The lowest BCUT2D eigenvalue weighted by Crippen LogP contribution is -2.44. The molecule has 3 atom stereocenters. The molecule has 0 aromatic heterocycles. The van der Waals surface area contributed by atoms with E-state index in [9.17, 15) is 19.8 Å². The Hall–Kier alpha value is -2.26. The van der Waals surface area contributed by atoms with Crippen LogP contribution in [0.3, 0.4) is 0 Å². The molecule has 0 saturated heterocycles. The fraction of sp³-hybridized carbons (Fsp3) is 0.615. The van der Waals surface area contributed by atoms with Crippen molar-refractivity contribution in [3.63, 3.8) is 0 Å². The van der Waals surface area contributed by atoms with Crippen LogP contribution in [0.5, 0.6) is 0 Å². The van der Waals surface area contributed by atoms with Crippen molar-refractivity contribution in [1.29, 1.82) is 0 Å². The van der Waals surface area contributed by atoms with E-state index in [2.05, 4.69) is 11.9 Å². The van der Waals surface area contributed by atoms with Gasteiger partial charge in [0.05, 0.1) is 19.8 Å². The largest absolute Gasteiger partial charge is 0.461 e. The van der Waals surface area contributed by atoms with Gasteiger partial charge >= 0.3 is 5.97 Å². The summed E-state index contributed by atoms with van der Waals surface area (Å²) in [5, 5.41) is 30.7. The highest BCUT2D eigenvalue weighted by atomic mass is 16.6. The Labute approximate surface area is 203 Å². The highest BCUT2D eigenvalue weighted by molar-refractivity contribution is 5.84.